The maximum atomic E-state index is 13.8. The van der Waals surface area contributed by atoms with Gasteiger partial charge in [-0.3, -0.25) is 9.59 Å². The molecule has 2 aromatic carbocycles. The van der Waals surface area contributed by atoms with Gasteiger partial charge in [0.15, 0.2) is 0 Å². The monoisotopic (exact) mass is 500 g/mol. The smallest absolute Gasteiger partial charge is 0.257 e. The molecule has 1 aromatic heterocycles. The molecule has 0 fully saturated rings. The number of fused-ring (bicyclic) bond motifs is 1. The summed E-state index contributed by atoms with van der Waals surface area (Å²) in [5.74, 6) is 0.813. The second-order valence-electron chi connectivity index (χ2n) is 9.42. The lowest BCUT2D eigenvalue weighted by molar-refractivity contribution is 0.0597. The molecule has 1 atom stereocenters. The maximum absolute atomic E-state index is 13.8. The Labute approximate surface area is 219 Å². The van der Waals surface area contributed by atoms with Crippen molar-refractivity contribution in [3.63, 3.8) is 0 Å². The van der Waals surface area contributed by atoms with E-state index in [2.05, 4.69) is 17.1 Å². The largest absolute Gasteiger partial charge is 0.491 e. The van der Waals surface area contributed by atoms with Crippen LogP contribution >= 0.6 is 0 Å². The number of benzene rings is 2. The van der Waals surface area contributed by atoms with Crippen LogP contribution < -0.4 is 10.5 Å². The summed E-state index contributed by atoms with van der Waals surface area (Å²) in [6, 6.07) is 20.7. The van der Waals surface area contributed by atoms with Gasteiger partial charge in [-0.15, -0.1) is 0 Å². The fraction of sp³-hybridized carbons (Fsp3) is 0.367. The fourth-order valence-electron chi connectivity index (χ4n) is 4.76. The third-order valence-electron chi connectivity index (χ3n) is 6.84. The van der Waals surface area contributed by atoms with Gasteiger partial charge in [-0.1, -0.05) is 55.3 Å². The standard InChI is InChI=1S/C30H36N4O3/c1-2-33-18-10-3-4-11-19-34(29(35)24-16-17-28(31)32-21-24)25(20-23-12-6-5-7-13-23)22-37-27-15-9-8-14-26(27)30(33)36/h5-9,12-17,21,25H,2-4,10-11,18-20,22H2,1H3,(H2,31,32)/t25-/m0/s1. The van der Waals surface area contributed by atoms with Crippen molar-refractivity contribution >= 4 is 17.6 Å². The zero-order valence-electron chi connectivity index (χ0n) is 21.5. The molecule has 194 valence electrons. The first-order chi connectivity index (χ1) is 18.1. The second-order valence-corrected chi connectivity index (χ2v) is 9.42. The van der Waals surface area contributed by atoms with Crippen LogP contribution in [-0.4, -0.2) is 58.9 Å². The number of hydrogen-bond acceptors (Lipinski definition) is 5. The van der Waals surface area contributed by atoms with Crippen molar-refractivity contribution in [1.29, 1.82) is 0 Å². The van der Waals surface area contributed by atoms with Gasteiger partial charge in [0.2, 0.25) is 0 Å². The normalized spacial score (nSPS) is 17.4. The van der Waals surface area contributed by atoms with Crippen LogP contribution in [-0.2, 0) is 6.42 Å². The van der Waals surface area contributed by atoms with Gasteiger partial charge in [-0.05, 0) is 56.0 Å². The lowest BCUT2D eigenvalue weighted by Gasteiger charge is -2.33. The summed E-state index contributed by atoms with van der Waals surface area (Å²) in [7, 11) is 0. The van der Waals surface area contributed by atoms with E-state index < -0.39 is 0 Å². The highest BCUT2D eigenvalue weighted by atomic mass is 16.5. The topological polar surface area (TPSA) is 88.8 Å². The number of nitrogens with two attached hydrogens (primary N) is 1. The number of pyridine rings is 1. The van der Waals surface area contributed by atoms with Crippen LogP contribution in [0.15, 0.2) is 72.9 Å². The number of nitrogen functional groups attached to an aromatic ring is 1. The molecule has 1 aliphatic rings. The maximum Gasteiger partial charge on any atom is 0.257 e. The minimum absolute atomic E-state index is 0.0179. The summed E-state index contributed by atoms with van der Waals surface area (Å²) in [6.07, 6.45) is 5.94. The molecule has 0 aliphatic carbocycles. The molecule has 7 heteroatoms. The van der Waals surface area contributed by atoms with Crippen molar-refractivity contribution in [3.05, 3.63) is 89.6 Å². The minimum atomic E-state index is -0.235. The van der Waals surface area contributed by atoms with E-state index >= 15 is 0 Å². The molecule has 0 radical (unpaired) electrons. The first-order valence-corrected chi connectivity index (χ1v) is 13.1. The molecule has 0 saturated heterocycles. The van der Waals surface area contributed by atoms with Crippen molar-refractivity contribution in [1.82, 2.24) is 14.8 Å². The van der Waals surface area contributed by atoms with E-state index in [1.807, 2.05) is 59.2 Å². The lowest BCUT2D eigenvalue weighted by Crippen LogP contribution is -2.46. The Kier molecular flexibility index (Phi) is 9.13. The Morgan fingerprint density at radius 2 is 1.70 bits per heavy atom. The molecule has 2 N–H and O–H groups in total. The molecule has 2 amide bonds. The molecule has 0 spiro atoms. The van der Waals surface area contributed by atoms with Gasteiger partial charge in [0.05, 0.1) is 17.2 Å². The van der Waals surface area contributed by atoms with Gasteiger partial charge >= 0.3 is 0 Å². The van der Waals surface area contributed by atoms with E-state index in [4.69, 9.17) is 10.5 Å². The zero-order chi connectivity index (χ0) is 26.0. The molecule has 0 unspecified atom stereocenters. The van der Waals surface area contributed by atoms with Crippen LogP contribution in [0.25, 0.3) is 0 Å². The molecule has 37 heavy (non-hydrogen) atoms. The summed E-state index contributed by atoms with van der Waals surface area (Å²) in [5.41, 5.74) is 7.94. The molecule has 7 nitrogen and oxygen atoms in total. The minimum Gasteiger partial charge on any atom is -0.491 e. The number of carbonyl (C=O) groups is 2. The second kappa shape index (κ2) is 12.9. The Morgan fingerprint density at radius 3 is 2.43 bits per heavy atom. The van der Waals surface area contributed by atoms with Gasteiger partial charge in [0.1, 0.15) is 18.2 Å². The van der Waals surface area contributed by atoms with Crippen LogP contribution in [0.4, 0.5) is 5.82 Å². The van der Waals surface area contributed by atoms with E-state index in [1.165, 1.54) is 6.20 Å². The van der Waals surface area contributed by atoms with Crippen LogP contribution in [0.1, 0.15) is 58.9 Å². The summed E-state index contributed by atoms with van der Waals surface area (Å²) < 4.78 is 6.34. The first-order valence-electron chi connectivity index (χ1n) is 13.1. The lowest BCUT2D eigenvalue weighted by atomic mass is 10.0. The number of aromatic nitrogens is 1. The number of nitrogens with zero attached hydrogens (tertiary/aromatic N) is 3. The van der Waals surface area contributed by atoms with Crippen molar-refractivity contribution in [2.45, 2.75) is 45.1 Å². The highest BCUT2D eigenvalue weighted by molar-refractivity contribution is 5.97. The zero-order valence-corrected chi connectivity index (χ0v) is 21.5. The number of para-hydroxylation sites is 1. The Hall–Kier alpha value is -3.87. The predicted molar refractivity (Wildman–Crippen MR) is 146 cm³/mol. The Bertz CT molecular complexity index is 1170. The predicted octanol–water partition coefficient (Wildman–Crippen LogP) is 4.83. The highest BCUT2D eigenvalue weighted by Gasteiger charge is 2.27. The summed E-state index contributed by atoms with van der Waals surface area (Å²) in [6.45, 7) is 4.25. The number of ether oxygens (including phenoxy) is 1. The SMILES string of the molecule is CCN1CCCCCCN(C(=O)c2ccc(N)nc2)[C@@H](Cc2ccccc2)COc2ccccc2C1=O. The molecule has 3 aromatic rings. The quantitative estimate of drug-likeness (QED) is 0.554. The van der Waals surface area contributed by atoms with Crippen molar-refractivity contribution < 1.29 is 14.3 Å². The van der Waals surface area contributed by atoms with Gasteiger partial charge in [0, 0.05) is 25.8 Å². The van der Waals surface area contributed by atoms with E-state index in [9.17, 15) is 9.59 Å². The third-order valence-corrected chi connectivity index (χ3v) is 6.84. The summed E-state index contributed by atoms with van der Waals surface area (Å²) in [5, 5.41) is 0. The number of amides is 2. The molecule has 2 heterocycles. The summed E-state index contributed by atoms with van der Waals surface area (Å²) in [4.78, 5) is 35.1. The van der Waals surface area contributed by atoms with Crippen LogP contribution in [0.3, 0.4) is 0 Å². The van der Waals surface area contributed by atoms with Crippen molar-refractivity contribution in [3.8, 4) is 5.75 Å². The highest BCUT2D eigenvalue weighted by Crippen LogP contribution is 2.23. The Balaban J connectivity index is 1.68. The number of carbonyl (C=O) groups excluding carboxylic acids is 2. The van der Waals surface area contributed by atoms with E-state index in [1.54, 1.807) is 12.1 Å². The van der Waals surface area contributed by atoms with Crippen molar-refractivity contribution in [2.75, 3.05) is 32.0 Å². The van der Waals surface area contributed by atoms with Gasteiger partial charge in [-0.25, -0.2) is 4.98 Å². The molecule has 4 rings (SSSR count). The van der Waals surface area contributed by atoms with E-state index in [-0.39, 0.29) is 24.5 Å². The van der Waals surface area contributed by atoms with Gasteiger partial charge in [-0.2, -0.15) is 0 Å². The van der Waals surface area contributed by atoms with Crippen LogP contribution in [0, 0.1) is 0 Å². The average molecular weight is 501 g/mol. The van der Waals surface area contributed by atoms with E-state index in [0.29, 0.717) is 48.7 Å². The molecular formula is C30H36N4O3. The number of hydrogen-bond donors (Lipinski definition) is 1. The molecule has 0 saturated carbocycles. The first kappa shape index (κ1) is 26.2. The number of rotatable bonds is 4. The van der Waals surface area contributed by atoms with Gasteiger partial charge < -0.3 is 20.3 Å². The molecular weight excluding hydrogens is 464 g/mol. The van der Waals surface area contributed by atoms with Crippen molar-refractivity contribution in [2.24, 2.45) is 0 Å². The Morgan fingerprint density at radius 1 is 0.973 bits per heavy atom. The van der Waals surface area contributed by atoms with Gasteiger partial charge in [0.25, 0.3) is 11.8 Å². The van der Waals surface area contributed by atoms with Crippen LogP contribution in [0.5, 0.6) is 5.75 Å². The van der Waals surface area contributed by atoms with Crippen LogP contribution in [0.2, 0.25) is 0 Å². The molecule has 0 bridgehead atoms. The average Bonchev–Trinajstić information content (AvgIpc) is 2.93. The number of anilines is 1. The fourth-order valence-corrected chi connectivity index (χ4v) is 4.76. The molecule has 1 aliphatic heterocycles. The third kappa shape index (κ3) is 6.88. The van der Waals surface area contributed by atoms with E-state index in [0.717, 1.165) is 31.2 Å². The summed E-state index contributed by atoms with van der Waals surface area (Å²) >= 11 is 0.